The maximum atomic E-state index is 11.9. The van der Waals surface area contributed by atoms with Crippen molar-refractivity contribution in [2.45, 2.75) is 32.2 Å². The van der Waals surface area contributed by atoms with Crippen LogP contribution in [0.15, 0.2) is 18.2 Å². The van der Waals surface area contributed by atoms with Crippen molar-refractivity contribution in [3.63, 3.8) is 0 Å². The average molecular weight is 356 g/mol. The number of nitrogens with one attached hydrogen (secondary N) is 3. The number of hydrogen-bond donors (Lipinski definition) is 4. The summed E-state index contributed by atoms with van der Waals surface area (Å²) in [6, 6.07) is 5.84. The minimum absolute atomic E-state index is 0. The van der Waals surface area contributed by atoms with E-state index in [1.165, 1.54) is 11.1 Å². The van der Waals surface area contributed by atoms with E-state index >= 15 is 0 Å². The van der Waals surface area contributed by atoms with Crippen LogP contribution >= 0.6 is 12.4 Å². The molecule has 2 rings (SSSR count). The molecule has 0 spiro atoms. The molecule has 0 saturated carbocycles. The van der Waals surface area contributed by atoms with Gasteiger partial charge in [-0.2, -0.15) is 0 Å². The number of carboxylic acids is 1. The Hall–Kier alpha value is -2.12. The molecule has 0 bridgehead atoms. The molecule has 0 radical (unpaired) electrons. The SMILES string of the molecule is Cl.O=C(O)CCNC(=O)CCC(=O)Nc1ccc2c(c1)CNCC2. The summed E-state index contributed by atoms with van der Waals surface area (Å²) in [4.78, 5) is 33.7. The van der Waals surface area contributed by atoms with E-state index in [0.29, 0.717) is 0 Å². The van der Waals surface area contributed by atoms with Crippen molar-refractivity contribution < 1.29 is 19.5 Å². The van der Waals surface area contributed by atoms with Crippen LogP contribution in [0.4, 0.5) is 5.69 Å². The zero-order valence-corrected chi connectivity index (χ0v) is 14.1. The topological polar surface area (TPSA) is 108 Å². The summed E-state index contributed by atoms with van der Waals surface area (Å²) in [6.45, 7) is 1.84. The quantitative estimate of drug-likeness (QED) is 0.585. The van der Waals surface area contributed by atoms with E-state index in [1.807, 2.05) is 18.2 Å². The Morgan fingerprint density at radius 3 is 2.58 bits per heavy atom. The van der Waals surface area contributed by atoms with Gasteiger partial charge in [0.2, 0.25) is 11.8 Å². The van der Waals surface area contributed by atoms with Crippen molar-refractivity contribution >= 4 is 35.9 Å². The van der Waals surface area contributed by atoms with E-state index < -0.39 is 5.97 Å². The Morgan fingerprint density at radius 2 is 1.83 bits per heavy atom. The monoisotopic (exact) mass is 355 g/mol. The Morgan fingerprint density at radius 1 is 1.08 bits per heavy atom. The second kappa shape index (κ2) is 9.89. The minimum atomic E-state index is -0.968. The first-order valence-corrected chi connectivity index (χ1v) is 7.65. The van der Waals surface area contributed by atoms with Gasteiger partial charge in [0, 0.05) is 31.6 Å². The Bertz CT molecular complexity index is 607. The number of benzene rings is 1. The third-order valence-corrected chi connectivity index (χ3v) is 3.62. The van der Waals surface area contributed by atoms with Crippen molar-refractivity contribution in [2.24, 2.45) is 0 Å². The average Bonchev–Trinajstić information content (AvgIpc) is 2.52. The maximum Gasteiger partial charge on any atom is 0.305 e. The van der Waals surface area contributed by atoms with Crippen LogP contribution < -0.4 is 16.0 Å². The normalized spacial score (nSPS) is 12.5. The molecule has 24 heavy (non-hydrogen) atoms. The fraction of sp³-hybridized carbons (Fsp3) is 0.438. The Labute approximate surface area is 146 Å². The standard InChI is InChI=1S/C16H21N3O4.ClH/c20-14(18-8-6-16(22)23)3-4-15(21)19-13-2-1-11-5-7-17-10-12(11)9-13;/h1-2,9,17H,3-8,10H2,(H,18,20)(H,19,21)(H,22,23);1H. The lowest BCUT2D eigenvalue weighted by Gasteiger charge is -2.18. The van der Waals surface area contributed by atoms with Crippen LogP contribution in [-0.4, -0.2) is 36.0 Å². The first-order valence-electron chi connectivity index (χ1n) is 7.65. The third-order valence-electron chi connectivity index (χ3n) is 3.62. The Kier molecular flexibility index (Phi) is 8.21. The molecule has 8 heteroatoms. The number of amides is 2. The fourth-order valence-electron chi connectivity index (χ4n) is 2.41. The van der Waals surface area contributed by atoms with E-state index in [9.17, 15) is 14.4 Å². The number of rotatable bonds is 7. The van der Waals surface area contributed by atoms with Crippen LogP contribution in [0.5, 0.6) is 0 Å². The lowest BCUT2D eigenvalue weighted by atomic mass is 10.0. The third kappa shape index (κ3) is 6.55. The van der Waals surface area contributed by atoms with E-state index in [-0.39, 0.29) is 50.0 Å². The molecule has 1 heterocycles. The molecule has 1 aliphatic heterocycles. The van der Waals surface area contributed by atoms with Crippen molar-refractivity contribution in [3.8, 4) is 0 Å². The van der Waals surface area contributed by atoms with E-state index in [0.717, 1.165) is 25.2 Å². The van der Waals surface area contributed by atoms with Crippen LogP contribution in [0.25, 0.3) is 0 Å². The number of anilines is 1. The largest absolute Gasteiger partial charge is 0.481 e. The molecule has 2 amide bonds. The molecular formula is C16H22ClN3O4. The van der Waals surface area contributed by atoms with Gasteiger partial charge in [0.05, 0.1) is 6.42 Å². The number of carbonyl (C=O) groups is 3. The lowest BCUT2D eigenvalue weighted by molar-refractivity contribution is -0.137. The number of aliphatic carboxylic acids is 1. The van der Waals surface area contributed by atoms with Crippen LogP contribution in [0.3, 0.4) is 0 Å². The maximum absolute atomic E-state index is 11.9. The van der Waals surface area contributed by atoms with Gasteiger partial charge in [-0.3, -0.25) is 14.4 Å². The van der Waals surface area contributed by atoms with E-state index in [1.54, 1.807) is 0 Å². The lowest BCUT2D eigenvalue weighted by Crippen LogP contribution is -2.27. The van der Waals surface area contributed by atoms with Gasteiger partial charge in [0.15, 0.2) is 0 Å². The predicted molar refractivity (Wildman–Crippen MR) is 92.2 cm³/mol. The second-order valence-electron chi connectivity index (χ2n) is 5.45. The van der Waals surface area contributed by atoms with Gasteiger partial charge in [-0.1, -0.05) is 6.07 Å². The molecule has 0 aromatic heterocycles. The highest BCUT2D eigenvalue weighted by atomic mass is 35.5. The summed E-state index contributed by atoms with van der Waals surface area (Å²) < 4.78 is 0. The van der Waals surface area contributed by atoms with Gasteiger partial charge in [-0.15, -0.1) is 12.4 Å². The molecule has 132 valence electrons. The van der Waals surface area contributed by atoms with Gasteiger partial charge in [-0.05, 0) is 36.2 Å². The molecule has 0 fully saturated rings. The van der Waals surface area contributed by atoms with Crippen molar-refractivity contribution in [1.29, 1.82) is 0 Å². The van der Waals surface area contributed by atoms with Crippen LogP contribution in [-0.2, 0) is 27.3 Å². The van der Waals surface area contributed by atoms with Crippen molar-refractivity contribution in [1.82, 2.24) is 10.6 Å². The summed E-state index contributed by atoms with van der Waals surface area (Å²) in [5, 5.41) is 17.0. The zero-order chi connectivity index (χ0) is 16.7. The number of hydrogen-bond acceptors (Lipinski definition) is 4. The number of carboxylic acid groups (broad SMARTS) is 1. The highest BCUT2D eigenvalue weighted by Crippen LogP contribution is 2.19. The molecule has 7 nitrogen and oxygen atoms in total. The summed E-state index contributed by atoms with van der Waals surface area (Å²) >= 11 is 0. The van der Waals surface area contributed by atoms with E-state index in [2.05, 4.69) is 16.0 Å². The molecular weight excluding hydrogens is 334 g/mol. The fourth-order valence-corrected chi connectivity index (χ4v) is 2.41. The molecule has 1 aliphatic rings. The summed E-state index contributed by atoms with van der Waals surface area (Å²) in [7, 11) is 0. The predicted octanol–water partition coefficient (Wildman–Crippen LogP) is 1.06. The van der Waals surface area contributed by atoms with Crippen LogP contribution in [0.1, 0.15) is 30.4 Å². The first-order chi connectivity index (χ1) is 11.0. The smallest absolute Gasteiger partial charge is 0.305 e. The van der Waals surface area contributed by atoms with E-state index in [4.69, 9.17) is 5.11 Å². The summed E-state index contributed by atoms with van der Waals surface area (Å²) in [6.07, 6.45) is 0.966. The number of carbonyl (C=O) groups excluding carboxylic acids is 2. The summed E-state index contributed by atoms with van der Waals surface area (Å²) in [5.74, 6) is -1.52. The van der Waals surface area contributed by atoms with Gasteiger partial charge < -0.3 is 21.1 Å². The van der Waals surface area contributed by atoms with Gasteiger partial charge >= 0.3 is 5.97 Å². The highest BCUT2D eigenvalue weighted by Gasteiger charge is 2.11. The zero-order valence-electron chi connectivity index (χ0n) is 13.3. The van der Waals surface area contributed by atoms with Crippen molar-refractivity contribution in [2.75, 3.05) is 18.4 Å². The summed E-state index contributed by atoms with van der Waals surface area (Å²) in [5.41, 5.74) is 3.20. The first kappa shape index (κ1) is 19.9. The van der Waals surface area contributed by atoms with Crippen molar-refractivity contribution in [3.05, 3.63) is 29.3 Å². The minimum Gasteiger partial charge on any atom is -0.481 e. The van der Waals surface area contributed by atoms with Gasteiger partial charge in [0.25, 0.3) is 0 Å². The molecule has 0 aliphatic carbocycles. The Balaban J connectivity index is 0.00000288. The molecule has 1 aromatic rings. The molecule has 4 N–H and O–H groups in total. The highest BCUT2D eigenvalue weighted by molar-refractivity contribution is 5.93. The number of halogens is 1. The second-order valence-corrected chi connectivity index (χ2v) is 5.45. The van der Waals surface area contributed by atoms with Crippen LogP contribution in [0.2, 0.25) is 0 Å². The van der Waals surface area contributed by atoms with Gasteiger partial charge in [-0.25, -0.2) is 0 Å². The van der Waals surface area contributed by atoms with Gasteiger partial charge in [0.1, 0.15) is 0 Å². The molecule has 1 aromatic carbocycles. The molecule has 0 unspecified atom stereocenters. The van der Waals surface area contributed by atoms with Crippen LogP contribution in [0, 0.1) is 0 Å². The number of fused-ring (bicyclic) bond motifs is 1. The molecule has 0 atom stereocenters. The molecule has 0 saturated heterocycles.